The number of aryl methyl sites for hydroxylation is 1. The van der Waals surface area contributed by atoms with E-state index in [2.05, 4.69) is 39.8 Å². The van der Waals surface area contributed by atoms with E-state index in [-0.39, 0.29) is 0 Å². The normalized spacial score (nSPS) is 15.4. The molecule has 0 aromatic carbocycles. The highest BCUT2D eigenvalue weighted by molar-refractivity contribution is 5.42. The minimum Gasteiger partial charge on any atom is -0.496 e. The first kappa shape index (κ1) is 19.1. The molecule has 2 aromatic heterocycles. The largest absolute Gasteiger partial charge is 0.496 e. The molecule has 0 aliphatic carbocycles. The van der Waals surface area contributed by atoms with Gasteiger partial charge in [0.15, 0.2) is 0 Å². The maximum atomic E-state index is 9.05. The topological polar surface area (TPSA) is 65.3 Å². The summed E-state index contributed by atoms with van der Waals surface area (Å²) in [4.78, 5) is 13.7. The summed E-state index contributed by atoms with van der Waals surface area (Å²) in [5.74, 6) is 1.81. The van der Waals surface area contributed by atoms with Crippen LogP contribution >= 0.6 is 0 Å². The van der Waals surface area contributed by atoms with Crippen LogP contribution in [0.3, 0.4) is 0 Å². The predicted octanol–water partition coefficient (Wildman–Crippen LogP) is 3.07. The van der Waals surface area contributed by atoms with Crippen molar-refractivity contribution in [1.82, 2.24) is 14.9 Å². The van der Waals surface area contributed by atoms with E-state index in [1.165, 1.54) is 0 Å². The van der Waals surface area contributed by atoms with Gasteiger partial charge in [-0.05, 0) is 38.8 Å². The summed E-state index contributed by atoms with van der Waals surface area (Å²) < 4.78 is 5.53. The summed E-state index contributed by atoms with van der Waals surface area (Å²) in [6.07, 6.45) is 4.03. The molecule has 0 bridgehead atoms. The summed E-state index contributed by atoms with van der Waals surface area (Å²) in [5.41, 5.74) is 3.76. The summed E-state index contributed by atoms with van der Waals surface area (Å²) in [6.45, 7) is 7.00. The molecular weight excluding hydrogens is 338 g/mol. The van der Waals surface area contributed by atoms with Crippen LogP contribution in [0.4, 0.5) is 5.82 Å². The van der Waals surface area contributed by atoms with Crippen molar-refractivity contribution in [1.29, 1.82) is 5.26 Å². The van der Waals surface area contributed by atoms with E-state index in [1.807, 2.05) is 25.3 Å². The lowest BCUT2D eigenvalue weighted by molar-refractivity contribution is 0.200. The highest BCUT2D eigenvalue weighted by Crippen LogP contribution is 2.26. The van der Waals surface area contributed by atoms with Gasteiger partial charge < -0.3 is 9.64 Å². The minimum absolute atomic E-state index is 0.435. The second-order valence-corrected chi connectivity index (χ2v) is 7.16. The number of piperidine rings is 1. The van der Waals surface area contributed by atoms with E-state index in [4.69, 9.17) is 10.00 Å². The van der Waals surface area contributed by atoms with Gasteiger partial charge in [-0.15, -0.1) is 0 Å². The molecule has 27 heavy (non-hydrogen) atoms. The Kier molecular flexibility index (Phi) is 5.92. The standard InChI is InChI=1S/C21H27N5O/c1-15-13-23-19(16(2)21(15)27-4)14-26-10-8-18(9-11-26)25(3)20-7-5-6-17(12-22)24-20/h5-7,13,18H,8-11,14H2,1-4H3. The highest BCUT2D eigenvalue weighted by atomic mass is 16.5. The van der Waals surface area contributed by atoms with Gasteiger partial charge in [-0.2, -0.15) is 5.26 Å². The van der Waals surface area contributed by atoms with Gasteiger partial charge in [0.2, 0.25) is 0 Å². The van der Waals surface area contributed by atoms with Crippen LogP contribution < -0.4 is 9.64 Å². The van der Waals surface area contributed by atoms with Crippen molar-refractivity contribution >= 4 is 5.82 Å². The Labute approximate surface area is 161 Å². The van der Waals surface area contributed by atoms with Gasteiger partial charge >= 0.3 is 0 Å². The molecule has 0 atom stereocenters. The van der Waals surface area contributed by atoms with Crippen LogP contribution in [0.15, 0.2) is 24.4 Å². The number of nitrogens with zero attached hydrogens (tertiary/aromatic N) is 5. The van der Waals surface area contributed by atoms with Gasteiger partial charge in [-0.25, -0.2) is 4.98 Å². The zero-order valence-corrected chi connectivity index (χ0v) is 16.6. The third-order valence-corrected chi connectivity index (χ3v) is 5.44. The number of pyridine rings is 2. The van der Waals surface area contributed by atoms with Gasteiger partial charge in [-0.3, -0.25) is 9.88 Å². The average molecular weight is 365 g/mol. The van der Waals surface area contributed by atoms with Gasteiger partial charge in [-0.1, -0.05) is 6.07 Å². The fourth-order valence-corrected chi connectivity index (χ4v) is 3.78. The van der Waals surface area contributed by atoms with E-state index >= 15 is 0 Å². The molecule has 0 saturated carbocycles. The first-order chi connectivity index (χ1) is 13.0. The SMILES string of the molecule is COc1c(C)cnc(CN2CCC(N(C)c3cccc(C#N)n3)CC2)c1C. The molecule has 142 valence electrons. The number of rotatable bonds is 5. The van der Waals surface area contributed by atoms with Crippen LogP contribution in [0.2, 0.25) is 0 Å². The molecule has 1 aliphatic heterocycles. The van der Waals surface area contributed by atoms with Gasteiger partial charge in [0, 0.05) is 50.0 Å². The fraction of sp³-hybridized carbons (Fsp3) is 0.476. The number of aromatic nitrogens is 2. The summed E-state index contributed by atoms with van der Waals surface area (Å²) in [6, 6.07) is 8.16. The van der Waals surface area contributed by atoms with Crippen molar-refractivity contribution in [2.24, 2.45) is 0 Å². The predicted molar refractivity (Wildman–Crippen MR) is 106 cm³/mol. The fourth-order valence-electron chi connectivity index (χ4n) is 3.78. The lowest BCUT2D eigenvalue weighted by Gasteiger charge is -2.37. The molecule has 1 fully saturated rings. The van der Waals surface area contributed by atoms with Crippen LogP contribution in [0.5, 0.6) is 5.75 Å². The Morgan fingerprint density at radius 2 is 2.04 bits per heavy atom. The molecule has 1 saturated heterocycles. The molecule has 0 amide bonds. The minimum atomic E-state index is 0.435. The number of hydrogen-bond donors (Lipinski definition) is 0. The van der Waals surface area contributed by atoms with Crippen molar-refractivity contribution in [3.8, 4) is 11.8 Å². The summed E-state index contributed by atoms with van der Waals surface area (Å²) >= 11 is 0. The molecule has 3 heterocycles. The maximum absolute atomic E-state index is 9.05. The van der Waals surface area contributed by atoms with Crippen LogP contribution in [0.1, 0.15) is 35.4 Å². The molecule has 6 heteroatoms. The van der Waals surface area contributed by atoms with Gasteiger partial charge in [0.1, 0.15) is 23.3 Å². The number of anilines is 1. The number of hydrogen-bond acceptors (Lipinski definition) is 6. The Hall–Kier alpha value is -2.65. The molecule has 0 spiro atoms. The van der Waals surface area contributed by atoms with Crippen LogP contribution in [0.25, 0.3) is 0 Å². The molecule has 2 aromatic rings. The summed E-state index contributed by atoms with van der Waals surface area (Å²) in [5, 5.41) is 9.05. The average Bonchev–Trinajstić information content (AvgIpc) is 2.70. The monoisotopic (exact) mass is 365 g/mol. The van der Waals surface area contributed by atoms with Gasteiger partial charge in [0.25, 0.3) is 0 Å². The van der Waals surface area contributed by atoms with Gasteiger partial charge in [0.05, 0.1) is 12.8 Å². The molecule has 3 rings (SSSR count). The van der Waals surface area contributed by atoms with E-state index in [9.17, 15) is 0 Å². The number of nitriles is 1. The zero-order chi connectivity index (χ0) is 19.4. The highest BCUT2D eigenvalue weighted by Gasteiger charge is 2.24. The second kappa shape index (κ2) is 8.36. The number of ether oxygens (including phenoxy) is 1. The summed E-state index contributed by atoms with van der Waals surface area (Å²) in [7, 11) is 3.79. The Bertz CT molecular complexity index is 837. The smallest absolute Gasteiger partial charge is 0.142 e. The third kappa shape index (κ3) is 4.20. The van der Waals surface area contributed by atoms with Crippen molar-refractivity contribution in [2.75, 3.05) is 32.1 Å². The Morgan fingerprint density at radius 1 is 1.30 bits per heavy atom. The van der Waals surface area contributed by atoms with E-state index in [1.54, 1.807) is 13.2 Å². The molecule has 1 aliphatic rings. The molecule has 0 radical (unpaired) electrons. The van der Waals surface area contributed by atoms with Crippen molar-refractivity contribution in [3.05, 3.63) is 46.9 Å². The lowest BCUT2D eigenvalue weighted by atomic mass is 10.0. The molecule has 0 N–H and O–H groups in total. The van der Waals surface area contributed by atoms with Crippen molar-refractivity contribution in [2.45, 2.75) is 39.3 Å². The zero-order valence-electron chi connectivity index (χ0n) is 16.6. The first-order valence-electron chi connectivity index (χ1n) is 9.35. The number of likely N-dealkylation sites (tertiary alicyclic amines) is 1. The molecular formula is C21H27N5O. The Balaban J connectivity index is 1.61. The maximum Gasteiger partial charge on any atom is 0.142 e. The van der Waals surface area contributed by atoms with E-state index in [0.29, 0.717) is 11.7 Å². The van der Waals surface area contributed by atoms with Crippen LogP contribution in [-0.2, 0) is 6.54 Å². The van der Waals surface area contributed by atoms with Crippen LogP contribution in [-0.4, -0.2) is 48.2 Å². The quantitative estimate of drug-likeness (QED) is 0.811. The second-order valence-electron chi connectivity index (χ2n) is 7.16. The van der Waals surface area contributed by atoms with Crippen LogP contribution in [0, 0.1) is 25.2 Å². The number of methoxy groups -OCH3 is 1. The van der Waals surface area contributed by atoms with E-state index < -0.39 is 0 Å². The Morgan fingerprint density at radius 3 is 2.70 bits per heavy atom. The molecule has 0 unspecified atom stereocenters. The molecule has 6 nitrogen and oxygen atoms in total. The lowest BCUT2D eigenvalue weighted by Crippen LogP contribution is -2.43. The first-order valence-corrected chi connectivity index (χ1v) is 9.35. The van der Waals surface area contributed by atoms with Crippen molar-refractivity contribution < 1.29 is 4.74 Å². The van der Waals surface area contributed by atoms with E-state index in [0.717, 1.165) is 60.9 Å². The third-order valence-electron chi connectivity index (χ3n) is 5.44. The van der Waals surface area contributed by atoms with Crippen molar-refractivity contribution in [3.63, 3.8) is 0 Å².